The minimum atomic E-state index is -0.392. The van der Waals surface area contributed by atoms with Gasteiger partial charge in [0.25, 0.3) is 0 Å². The van der Waals surface area contributed by atoms with Crippen LogP contribution in [-0.4, -0.2) is 20.0 Å². The second-order valence-electron chi connectivity index (χ2n) is 5.74. The topological polar surface area (TPSA) is 56.9 Å². The Morgan fingerprint density at radius 2 is 1.96 bits per heavy atom. The van der Waals surface area contributed by atoms with E-state index in [1.165, 1.54) is 22.0 Å². The summed E-state index contributed by atoms with van der Waals surface area (Å²) in [4.78, 5) is 29.4. The number of aromatic nitrogens is 3. The summed E-state index contributed by atoms with van der Waals surface area (Å²) in [5, 5.41) is 0. The quantitative estimate of drug-likeness (QED) is 0.667. The molecule has 0 aliphatic rings. The summed E-state index contributed by atoms with van der Waals surface area (Å²) in [6.45, 7) is 7.70. The van der Waals surface area contributed by atoms with Crippen LogP contribution < -0.4 is 5.69 Å². The highest BCUT2D eigenvalue weighted by molar-refractivity contribution is 9.10. The third-order valence-electron chi connectivity index (χ3n) is 3.77. The maximum atomic E-state index is 12.6. The first-order valence-corrected chi connectivity index (χ1v) is 8.74. The van der Waals surface area contributed by atoms with E-state index in [9.17, 15) is 9.59 Å². The van der Waals surface area contributed by atoms with E-state index in [4.69, 9.17) is 0 Å². The predicted molar refractivity (Wildman–Crippen MR) is 96.7 cm³/mol. The molecule has 0 bridgehead atoms. The van der Waals surface area contributed by atoms with E-state index in [2.05, 4.69) is 34.4 Å². The third-order valence-corrected chi connectivity index (χ3v) is 4.21. The van der Waals surface area contributed by atoms with Crippen molar-refractivity contribution in [1.29, 1.82) is 0 Å². The van der Waals surface area contributed by atoms with Gasteiger partial charge in [-0.2, -0.15) is 0 Å². The van der Waals surface area contributed by atoms with E-state index in [0.717, 1.165) is 23.7 Å². The van der Waals surface area contributed by atoms with E-state index in [1.807, 2.05) is 0 Å². The van der Waals surface area contributed by atoms with Gasteiger partial charge in [0.1, 0.15) is 0 Å². The van der Waals surface area contributed by atoms with E-state index in [1.54, 1.807) is 19.2 Å². The third kappa shape index (κ3) is 3.80. The van der Waals surface area contributed by atoms with Crippen molar-refractivity contribution in [3.05, 3.63) is 33.8 Å². The largest absolute Gasteiger partial charge is 0.341 e. The highest BCUT2D eigenvalue weighted by atomic mass is 79.9. The molecule has 2 aromatic rings. The van der Waals surface area contributed by atoms with Crippen LogP contribution in [0.5, 0.6) is 0 Å². The molecule has 0 N–H and O–H groups in total. The molecule has 0 aromatic carbocycles. The number of allylic oxidation sites excluding steroid dienone is 1. The lowest BCUT2D eigenvalue weighted by molar-refractivity contribution is 0.0899. The van der Waals surface area contributed by atoms with Gasteiger partial charge in [0.2, 0.25) is 5.91 Å². The molecule has 0 aliphatic heterocycles. The van der Waals surface area contributed by atoms with Crippen molar-refractivity contribution in [2.24, 2.45) is 0 Å². The van der Waals surface area contributed by atoms with Crippen LogP contribution in [-0.2, 0) is 0 Å². The average Bonchev–Trinajstić information content (AvgIpc) is 2.78. The lowest BCUT2D eigenvalue weighted by Crippen LogP contribution is -2.28. The van der Waals surface area contributed by atoms with Crippen LogP contribution in [0.3, 0.4) is 0 Å². The van der Waals surface area contributed by atoms with Gasteiger partial charge in [-0.1, -0.05) is 39.2 Å². The molecular formula is C17H22BrN3O2. The Labute approximate surface area is 144 Å². The molecule has 124 valence electrons. The van der Waals surface area contributed by atoms with Gasteiger partial charge < -0.3 is 0 Å². The molecule has 2 heterocycles. The van der Waals surface area contributed by atoms with Gasteiger partial charge in [-0.3, -0.25) is 4.79 Å². The Morgan fingerprint density at radius 3 is 2.61 bits per heavy atom. The highest BCUT2D eigenvalue weighted by Crippen LogP contribution is 2.19. The summed E-state index contributed by atoms with van der Waals surface area (Å²) in [7, 11) is 0. The van der Waals surface area contributed by atoms with Crippen LogP contribution in [0.4, 0.5) is 0 Å². The smallest absolute Gasteiger partial charge is 0.274 e. The fourth-order valence-corrected chi connectivity index (χ4v) is 2.95. The fraction of sp³-hybridized carbons (Fsp3) is 0.471. The van der Waals surface area contributed by atoms with E-state index >= 15 is 0 Å². The number of carbonyl (C=O) groups is 1. The number of halogens is 1. The number of imidazole rings is 1. The molecule has 5 nitrogen and oxygen atoms in total. The van der Waals surface area contributed by atoms with Crippen LogP contribution in [0, 0.1) is 0 Å². The Bertz CT molecular complexity index is 789. The van der Waals surface area contributed by atoms with Crippen LogP contribution in [0.15, 0.2) is 28.1 Å². The molecule has 6 heteroatoms. The van der Waals surface area contributed by atoms with Gasteiger partial charge in [0.15, 0.2) is 5.65 Å². The number of nitrogens with zero attached hydrogens (tertiary/aromatic N) is 3. The fourth-order valence-electron chi connectivity index (χ4n) is 2.63. The molecule has 0 radical (unpaired) electrons. The molecule has 0 amide bonds. The number of hydrogen-bond acceptors (Lipinski definition) is 3. The van der Waals surface area contributed by atoms with Crippen molar-refractivity contribution in [2.75, 3.05) is 0 Å². The van der Waals surface area contributed by atoms with Crippen LogP contribution in [0.25, 0.3) is 16.9 Å². The standard InChI is InChI=1S/C17H22BrN3O2/c1-4-5-6-7-8-9-15(22)21-14-10-13(18)11-19-16(14)20(12(2)3)17(21)23/h10-11H,2,4-9H2,1,3H3. The van der Waals surface area contributed by atoms with Crippen molar-refractivity contribution < 1.29 is 4.79 Å². The summed E-state index contributed by atoms with van der Waals surface area (Å²) in [5.41, 5.74) is 1.14. The number of hydrogen-bond donors (Lipinski definition) is 0. The molecule has 0 unspecified atom stereocenters. The number of rotatable bonds is 7. The molecule has 23 heavy (non-hydrogen) atoms. The molecule has 2 rings (SSSR count). The Hall–Kier alpha value is -1.69. The Balaban J connectivity index is 2.34. The number of fused-ring (bicyclic) bond motifs is 1. The molecule has 2 aromatic heterocycles. The van der Waals surface area contributed by atoms with Gasteiger partial charge in [-0.05, 0) is 35.3 Å². The summed E-state index contributed by atoms with van der Waals surface area (Å²) >= 11 is 3.35. The lowest BCUT2D eigenvalue weighted by atomic mass is 10.1. The molecule has 0 saturated heterocycles. The van der Waals surface area contributed by atoms with Crippen molar-refractivity contribution in [3.63, 3.8) is 0 Å². The summed E-state index contributed by atoms with van der Waals surface area (Å²) < 4.78 is 3.34. The van der Waals surface area contributed by atoms with Crippen molar-refractivity contribution in [3.8, 4) is 0 Å². The first kappa shape index (κ1) is 17.7. The first-order valence-electron chi connectivity index (χ1n) is 7.95. The zero-order chi connectivity index (χ0) is 17.0. The Kier molecular flexibility index (Phi) is 5.93. The normalized spacial score (nSPS) is 11.1. The van der Waals surface area contributed by atoms with Gasteiger partial charge in [-0.25, -0.2) is 18.9 Å². The van der Waals surface area contributed by atoms with Crippen molar-refractivity contribution in [2.45, 2.75) is 52.4 Å². The maximum absolute atomic E-state index is 12.6. The average molecular weight is 380 g/mol. The van der Waals surface area contributed by atoms with Gasteiger partial charge in [-0.15, -0.1) is 0 Å². The van der Waals surface area contributed by atoms with Crippen LogP contribution in [0.2, 0.25) is 0 Å². The molecule has 0 fully saturated rings. The second-order valence-corrected chi connectivity index (χ2v) is 6.66. The predicted octanol–water partition coefficient (Wildman–Crippen LogP) is 4.45. The molecule has 0 atom stereocenters. The SMILES string of the molecule is C=C(C)n1c(=O)n(C(=O)CCCCCCC)c2cc(Br)cnc21. The number of carbonyl (C=O) groups excluding carboxylic acids is 1. The minimum Gasteiger partial charge on any atom is -0.274 e. The Morgan fingerprint density at radius 1 is 1.26 bits per heavy atom. The maximum Gasteiger partial charge on any atom is 0.341 e. The van der Waals surface area contributed by atoms with Gasteiger partial charge in [0, 0.05) is 22.8 Å². The monoisotopic (exact) mass is 379 g/mol. The minimum absolute atomic E-state index is 0.184. The lowest BCUT2D eigenvalue weighted by Gasteiger charge is -2.02. The van der Waals surface area contributed by atoms with Crippen molar-refractivity contribution in [1.82, 2.24) is 14.1 Å². The van der Waals surface area contributed by atoms with E-state index in [-0.39, 0.29) is 5.91 Å². The highest BCUT2D eigenvalue weighted by Gasteiger charge is 2.19. The zero-order valence-electron chi connectivity index (χ0n) is 13.6. The van der Waals surface area contributed by atoms with Gasteiger partial charge in [0.05, 0.1) is 5.52 Å². The van der Waals surface area contributed by atoms with Crippen LogP contribution in [0.1, 0.15) is 57.2 Å². The molecule has 0 spiro atoms. The molecule has 0 saturated carbocycles. The number of pyridine rings is 1. The number of unbranched alkanes of at least 4 members (excludes halogenated alkanes) is 4. The van der Waals surface area contributed by atoms with E-state index < -0.39 is 5.69 Å². The zero-order valence-corrected chi connectivity index (χ0v) is 15.2. The summed E-state index contributed by atoms with van der Waals surface area (Å²) in [6.07, 6.45) is 7.26. The van der Waals surface area contributed by atoms with E-state index in [0.29, 0.717) is 23.3 Å². The first-order chi connectivity index (χ1) is 11.0. The molecule has 0 aliphatic carbocycles. The van der Waals surface area contributed by atoms with Gasteiger partial charge >= 0.3 is 5.69 Å². The second kappa shape index (κ2) is 7.73. The van der Waals surface area contributed by atoms with Crippen LogP contribution >= 0.6 is 15.9 Å². The molecular weight excluding hydrogens is 358 g/mol. The van der Waals surface area contributed by atoms with Crippen molar-refractivity contribution >= 4 is 38.7 Å². The summed E-state index contributed by atoms with van der Waals surface area (Å²) in [5.74, 6) is -0.184. The summed E-state index contributed by atoms with van der Waals surface area (Å²) in [6, 6.07) is 1.75.